The molecular formula is C22H21N3O2S2. The monoisotopic (exact) mass is 423 g/mol. The Morgan fingerprint density at radius 3 is 2.93 bits per heavy atom. The molecule has 4 heterocycles. The first-order valence-corrected chi connectivity index (χ1v) is 11.5. The summed E-state index contributed by atoms with van der Waals surface area (Å²) in [5.74, 6) is 1.98. The number of aromatic nitrogens is 2. The van der Waals surface area contributed by atoms with E-state index in [1.54, 1.807) is 11.3 Å². The average Bonchev–Trinajstić information content (AvgIpc) is 3.50. The van der Waals surface area contributed by atoms with E-state index in [4.69, 9.17) is 9.26 Å². The van der Waals surface area contributed by atoms with Crippen LogP contribution >= 0.6 is 22.7 Å². The molecule has 3 aromatic heterocycles. The number of para-hydroxylation sites is 1. The second kappa shape index (κ2) is 8.10. The molecule has 5 rings (SSSR count). The molecule has 4 aromatic rings. The predicted octanol–water partition coefficient (Wildman–Crippen LogP) is 5.41. The van der Waals surface area contributed by atoms with E-state index in [1.165, 1.54) is 15.3 Å². The van der Waals surface area contributed by atoms with Crippen molar-refractivity contribution in [3.8, 4) is 17.1 Å². The summed E-state index contributed by atoms with van der Waals surface area (Å²) < 4.78 is 11.4. The van der Waals surface area contributed by atoms with Crippen molar-refractivity contribution in [3.63, 3.8) is 0 Å². The highest BCUT2D eigenvalue weighted by molar-refractivity contribution is 7.10. The van der Waals surface area contributed by atoms with Gasteiger partial charge in [-0.1, -0.05) is 23.4 Å². The van der Waals surface area contributed by atoms with Gasteiger partial charge >= 0.3 is 0 Å². The molecule has 5 nitrogen and oxygen atoms in total. The summed E-state index contributed by atoms with van der Waals surface area (Å²) in [6, 6.07) is 14.7. The minimum atomic E-state index is 0.246. The van der Waals surface area contributed by atoms with Gasteiger partial charge in [-0.3, -0.25) is 4.90 Å². The number of nitrogens with zero attached hydrogens (tertiary/aromatic N) is 3. The smallest absolute Gasteiger partial charge is 0.241 e. The van der Waals surface area contributed by atoms with Gasteiger partial charge in [0, 0.05) is 16.3 Å². The number of benzene rings is 1. The first-order valence-electron chi connectivity index (χ1n) is 9.72. The Hall–Kier alpha value is -2.48. The molecule has 0 fully saturated rings. The van der Waals surface area contributed by atoms with Gasteiger partial charge in [-0.15, -0.1) is 22.7 Å². The van der Waals surface area contributed by atoms with Crippen LogP contribution in [0.4, 0.5) is 0 Å². The summed E-state index contributed by atoms with van der Waals surface area (Å²) in [6.07, 6.45) is 1.06. The van der Waals surface area contributed by atoms with Crippen LogP contribution in [-0.4, -0.2) is 28.2 Å². The highest BCUT2D eigenvalue weighted by atomic mass is 32.1. The summed E-state index contributed by atoms with van der Waals surface area (Å²) in [7, 11) is 0. The van der Waals surface area contributed by atoms with Gasteiger partial charge in [0.25, 0.3) is 0 Å². The Kier molecular flexibility index (Phi) is 5.18. The molecule has 1 aliphatic rings. The summed E-state index contributed by atoms with van der Waals surface area (Å²) in [5.41, 5.74) is 2.27. The molecule has 1 atom stereocenters. The van der Waals surface area contributed by atoms with Gasteiger partial charge in [-0.25, -0.2) is 0 Å². The van der Waals surface area contributed by atoms with Gasteiger partial charge in [-0.2, -0.15) is 4.98 Å². The molecule has 0 N–H and O–H groups in total. The molecule has 148 valence electrons. The van der Waals surface area contributed by atoms with E-state index in [9.17, 15) is 0 Å². The van der Waals surface area contributed by atoms with Crippen molar-refractivity contribution in [2.45, 2.75) is 25.9 Å². The van der Waals surface area contributed by atoms with Crippen LogP contribution in [0.25, 0.3) is 11.4 Å². The van der Waals surface area contributed by atoms with Crippen molar-refractivity contribution < 1.29 is 9.26 Å². The van der Waals surface area contributed by atoms with Crippen molar-refractivity contribution in [2.75, 3.05) is 13.2 Å². The number of hydrogen-bond acceptors (Lipinski definition) is 7. The molecule has 1 aliphatic heterocycles. The summed E-state index contributed by atoms with van der Waals surface area (Å²) in [6.45, 7) is 4.17. The molecule has 0 spiro atoms. The van der Waals surface area contributed by atoms with Crippen LogP contribution in [0.1, 0.15) is 34.2 Å². The van der Waals surface area contributed by atoms with Gasteiger partial charge in [0.2, 0.25) is 11.7 Å². The van der Waals surface area contributed by atoms with Crippen molar-refractivity contribution >= 4 is 22.7 Å². The van der Waals surface area contributed by atoms with E-state index >= 15 is 0 Å². The Labute approximate surface area is 177 Å². The zero-order valence-corrected chi connectivity index (χ0v) is 17.7. The highest BCUT2D eigenvalue weighted by Crippen LogP contribution is 2.40. The molecule has 7 heteroatoms. The summed E-state index contributed by atoms with van der Waals surface area (Å²) >= 11 is 3.66. The second-order valence-corrected chi connectivity index (χ2v) is 8.86. The van der Waals surface area contributed by atoms with Crippen molar-refractivity contribution in [1.29, 1.82) is 0 Å². The van der Waals surface area contributed by atoms with E-state index in [1.807, 2.05) is 42.5 Å². The van der Waals surface area contributed by atoms with Crippen LogP contribution in [0, 0.1) is 0 Å². The Morgan fingerprint density at radius 1 is 1.14 bits per heavy atom. The third-order valence-electron chi connectivity index (χ3n) is 5.11. The fourth-order valence-electron chi connectivity index (χ4n) is 3.85. The van der Waals surface area contributed by atoms with Gasteiger partial charge < -0.3 is 9.26 Å². The van der Waals surface area contributed by atoms with Crippen LogP contribution in [0.5, 0.6) is 5.75 Å². The molecule has 0 aliphatic carbocycles. The Balaban J connectivity index is 1.42. The van der Waals surface area contributed by atoms with Crippen LogP contribution in [-0.2, 0) is 13.0 Å². The molecule has 0 saturated heterocycles. The van der Waals surface area contributed by atoms with E-state index in [-0.39, 0.29) is 6.04 Å². The molecule has 0 radical (unpaired) electrons. The highest BCUT2D eigenvalue weighted by Gasteiger charge is 2.31. The number of ether oxygens (including phenoxy) is 1. The first kappa shape index (κ1) is 18.5. The Morgan fingerprint density at radius 2 is 2.07 bits per heavy atom. The SMILES string of the molecule is CCOc1ccccc1-c1noc(CN2CCc3sccc3[C@@H]2c2cccs2)n1. The lowest BCUT2D eigenvalue weighted by atomic mass is 9.98. The standard InChI is InChI=1S/C22H21N3O2S2/c1-2-26-17-7-4-3-6-15(17)22-23-20(27-24-22)14-25-11-9-18-16(10-13-29-18)21(25)19-8-5-12-28-19/h3-8,10,12-13,21H,2,9,11,14H2,1H3/t21-/m1/s1. The maximum absolute atomic E-state index is 5.72. The first-order chi connectivity index (χ1) is 14.3. The minimum Gasteiger partial charge on any atom is -0.493 e. The molecule has 1 aromatic carbocycles. The summed E-state index contributed by atoms with van der Waals surface area (Å²) in [4.78, 5) is 9.96. The quantitative estimate of drug-likeness (QED) is 0.415. The van der Waals surface area contributed by atoms with E-state index in [2.05, 4.69) is 44.0 Å². The second-order valence-electron chi connectivity index (χ2n) is 6.88. The zero-order chi connectivity index (χ0) is 19.6. The minimum absolute atomic E-state index is 0.246. The molecule has 29 heavy (non-hydrogen) atoms. The third-order valence-corrected chi connectivity index (χ3v) is 7.03. The fraction of sp³-hybridized carbons (Fsp3) is 0.273. The van der Waals surface area contributed by atoms with Crippen molar-refractivity contribution in [2.24, 2.45) is 0 Å². The van der Waals surface area contributed by atoms with E-state index in [0.717, 1.165) is 24.3 Å². The molecular weight excluding hydrogens is 402 g/mol. The van der Waals surface area contributed by atoms with E-state index < -0.39 is 0 Å². The average molecular weight is 424 g/mol. The van der Waals surface area contributed by atoms with Crippen LogP contribution in [0.2, 0.25) is 0 Å². The number of thiophene rings is 2. The number of fused-ring (bicyclic) bond motifs is 1. The molecule has 0 unspecified atom stereocenters. The molecule has 0 bridgehead atoms. The van der Waals surface area contributed by atoms with Crippen molar-refractivity contribution in [3.05, 3.63) is 74.4 Å². The van der Waals surface area contributed by atoms with Gasteiger partial charge in [0.15, 0.2) is 0 Å². The lowest BCUT2D eigenvalue weighted by Crippen LogP contribution is -2.34. The lowest BCUT2D eigenvalue weighted by molar-refractivity contribution is 0.181. The number of hydrogen-bond donors (Lipinski definition) is 0. The predicted molar refractivity (Wildman–Crippen MR) is 115 cm³/mol. The largest absolute Gasteiger partial charge is 0.493 e. The van der Waals surface area contributed by atoms with E-state index in [0.29, 0.717) is 24.9 Å². The number of rotatable bonds is 6. The van der Waals surface area contributed by atoms with Gasteiger partial charge in [0.05, 0.1) is 24.8 Å². The third kappa shape index (κ3) is 3.61. The van der Waals surface area contributed by atoms with Gasteiger partial charge in [-0.05, 0) is 53.9 Å². The van der Waals surface area contributed by atoms with Crippen LogP contribution in [0.15, 0.2) is 57.7 Å². The van der Waals surface area contributed by atoms with Crippen molar-refractivity contribution in [1.82, 2.24) is 15.0 Å². The van der Waals surface area contributed by atoms with Crippen LogP contribution in [0.3, 0.4) is 0 Å². The summed E-state index contributed by atoms with van der Waals surface area (Å²) in [5, 5.41) is 8.57. The lowest BCUT2D eigenvalue weighted by Gasteiger charge is -2.34. The van der Waals surface area contributed by atoms with Gasteiger partial charge in [0.1, 0.15) is 5.75 Å². The topological polar surface area (TPSA) is 51.4 Å². The maximum Gasteiger partial charge on any atom is 0.241 e. The Bertz CT molecular complexity index is 1090. The molecule has 0 saturated carbocycles. The molecule has 0 amide bonds. The van der Waals surface area contributed by atoms with Crippen LogP contribution < -0.4 is 4.74 Å². The fourth-order valence-corrected chi connectivity index (χ4v) is 5.63. The zero-order valence-electron chi connectivity index (χ0n) is 16.1. The normalized spacial score (nSPS) is 16.7. The maximum atomic E-state index is 5.72.